The Morgan fingerprint density at radius 1 is 1.04 bits per heavy atom. The zero-order valence-electron chi connectivity index (χ0n) is 16.0. The Kier molecular flexibility index (Phi) is 4.26. The number of carbonyl (C=O) groups excluding carboxylic acids is 1. The summed E-state index contributed by atoms with van der Waals surface area (Å²) in [6.07, 6.45) is 1.21. The molecule has 1 atom stereocenters. The third-order valence-corrected chi connectivity index (χ3v) is 5.05. The van der Waals surface area contributed by atoms with Crippen molar-refractivity contribution in [1.82, 2.24) is 19.7 Å². The number of hydrogen-bond acceptors (Lipinski definition) is 5. The molecular formula is C21H22N4O2. The number of methoxy groups -OCH3 is 1. The quantitative estimate of drug-likeness (QED) is 0.713. The van der Waals surface area contributed by atoms with Crippen LogP contribution in [0.3, 0.4) is 0 Å². The Morgan fingerprint density at radius 3 is 2.33 bits per heavy atom. The highest BCUT2D eigenvalue weighted by Gasteiger charge is 2.32. The summed E-state index contributed by atoms with van der Waals surface area (Å²) in [5, 5.41) is 4.60. The number of fused-ring (bicyclic) bond motifs is 1. The predicted molar refractivity (Wildman–Crippen MR) is 102 cm³/mol. The lowest BCUT2D eigenvalue weighted by Gasteiger charge is -2.23. The van der Waals surface area contributed by atoms with Gasteiger partial charge in [0.05, 0.1) is 24.1 Å². The molecule has 0 fully saturated rings. The van der Waals surface area contributed by atoms with Gasteiger partial charge in [-0.15, -0.1) is 0 Å². The van der Waals surface area contributed by atoms with Crippen molar-refractivity contribution < 1.29 is 9.53 Å². The SMILES string of the molecule is COc1ccc([C@H]2CC(=O)c3c(C)nn(-c4nc(C)cc(C)n4)c3C2)cc1. The molecule has 4 rings (SSSR count). The van der Waals surface area contributed by atoms with Gasteiger partial charge >= 0.3 is 0 Å². The fraction of sp³-hybridized carbons (Fsp3) is 0.333. The fourth-order valence-electron chi connectivity index (χ4n) is 3.84. The van der Waals surface area contributed by atoms with Crippen LogP contribution in [0.15, 0.2) is 30.3 Å². The second-order valence-corrected chi connectivity index (χ2v) is 7.07. The average Bonchev–Trinajstić information content (AvgIpc) is 2.98. The molecule has 6 heteroatoms. The molecule has 138 valence electrons. The van der Waals surface area contributed by atoms with Gasteiger partial charge in [-0.3, -0.25) is 4.79 Å². The highest BCUT2D eigenvalue weighted by molar-refractivity contribution is 6.00. The van der Waals surface area contributed by atoms with E-state index in [0.29, 0.717) is 12.4 Å². The van der Waals surface area contributed by atoms with E-state index >= 15 is 0 Å². The van der Waals surface area contributed by atoms with Gasteiger partial charge in [0.25, 0.3) is 5.95 Å². The number of Topliss-reactive ketones (excluding diaryl/α,β-unsaturated/α-hetero) is 1. The van der Waals surface area contributed by atoms with E-state index in [1.165, 1.54) is 0 Å². The topological polar surface area (TPSA) is 69.9 Å². The van der Waals surface area contributed by atoms with Gasteiger partial charge in [0.1, 0.15) is 5.75 Å². The van der Waals surface area contributed by atoms with E-state index < -0.39 is 0 Å². The van der Waals surface area contributed by atoms with Crippen molar-refractivity contribution in [2.75, 3.05) is 7.11 Å². The zero-order chi connectivity index (χ0) is 19.1. The maximum atomic E-state index is 12.9. The van der Waals surface area contributed by atoms with E-state index in [4.69, 9.17) is 4.74 Å². The van der Waals surface area contributed by atoms with E-state index in [1.54, 1.807) is 11.8 Å². The van der Waals surface area contributed by atoms with Crippen LogP contribution < -0.4 is 4.74 Å². The van der Waals surface area contributed by atoms with Gasteiger partial charge in [-0.2, -0.15) is 5.10 Å². The minimum atomic E-state index is 0.108. The summed E-state index contributed by atoms with van der Waals surface area (Å²) in [5.41, 5.74) is 5.26. The second-order valence-electron chi connectivity index (χ2n) is 7.07. The Morgan fingerprint density at radius 2 is 1.70 bits per heavy atom. The molecule has 0 N–H and O–H groups in total. The number of rotatable bonds is 3. The summed E-state index contributed by atoms with van der Waals surface area (Å²) in [4.78, 5) is 21.9. The first-order valence-corrected chi connectivity index (χ1v) is 9.04. The number of benzene rings is 1. The maximum absolute atomic E-state index is 12.9. The normalized spacial score (nSPS) is 16.3. The Balaban J connectivity index is 1.77. The van der Waals surface area contributed by atoms with Crippen molar-refractivity contribution in [3.05, 3.63) is 64.2 Å². The molecule has 0 amide bonds. The molecule has 0 saturated carbocycles. The lowest BCUT2D eigenvalue weighted by atomic mass is 9.81. The lowest BCUT2D eigenvalue weighted by molar-refractivity contribution is 0.0963. The minimum absolute atomic E-state index is 0.108. The van der Waals surface area contributed by atoms with Crippen LogP contribution in [-0.4, -0.2) is 32.6 Å². The summed E-state index contributed by atoms with van der Waals surface area (Å²) in [5.74, 6) is 1.58. The molecule has 2 aromatic heterocycles. The Hall–Kier alpha value is -3.02. The molecule has 0 radical (unpaired) electrons. The van der Waals surface area contributed by atoms with Gasteiger partial charge in [-0.05, 0) is 56.9 Å². The van der Waals surface area contributed by atoms with Crippen molar-refractivity contribution in [3.8, 4) is 11.7 Å². The Bertz CT molecular complexity index is 1000. The maximum Gasteiger partial charge on any atom is 0.251 e. The van der Waals surface area contributed by atoms with Gasteiger partial charge in [-0.25, -0.2) is 14.6 Å². The number of aryl methyl sites for hydroxylation is 3. The molecule has 1 aliphatic carbocycles. The Labute approximate surface area is 158 Å². The number of nitrogens with zero attached hydrogens (tertiary/aromatic N) is 4. The van der Waals surface area contributed by atoms with Crippen molar-refractivity contribution >= 4 is 5.78 Å². The summed E-state index contributed by atoms with van der Waals surface area (Å²) in [6.45, 7) is 5.75. The largest absolute Gasteiger partial charge is 0.497 e. The standard InChI is InChI=1S/C21H22N4O2/c1-12-9-13(2)23-21(22-12)25-18-10-16(11-19(26)20(18)14(3)24-25)15-5-7-17(27-4)8-6-15/h5-9,16H,10-11H2,1-4H3/t16-/m1/s1. The molecule has 3 aromatic rings. The lowest BCUT2D eigenvalue weighted by Crippen LogP contribution is -2.21. The van der Waals surface area contributed by atoms with Crippen molar-refractivity contribution in [2.24, 2.45) is 0 Å². The molecule has 0 spiro atoms. The van der Waals surface area contributed by atoms with Gasteiger partial charge in [0, 0.05) is 17.8 Å². The summed E-state index contributed by atoms with van der Waals surface area (Å²) in [6, 6.07) is 9.86. The predicted octanol–water partition coefficient (Wildman–Crippen LogP) is 3.51. The molecule has 0 saturated heterocycles. The molecule has 6 nitrogen and oxygen atoms in total. The van der Waals surface area contributed by atoms with Crippen molar-refractivity contribution in [1.29, 1.82) is 0 Å². The molecule has 0 unspecified atom stereocenters. The van der Waals surface area contributed by atoms with E-state index in [0.717, 1.165) is 46.1 Å². The first kappa shape index (κ1) is 17.4. The third kappa shape index (κ3) is 3.12. The molecule has 1 aliphatic rings. The minimum Gasteiger partial charge on any atom is -0.497 e. The molecule has 27 heavy (non-hydrogen) atoms. The van der Waals surface area contributed by atoms with E-state index in [9.17, 15) is 4.79 Å². The number of ether oxygens (including phenoxy) is 1. The third-order valence-electron chi connectivity index (χ3n) is 5.05. The van der Waals surface area contributed by atoms with Gasteiger partial charge in [-0.1, -0.05) is 12.1 Å². The highest BCUT2D eigenvalue weighted by Crippen LogP contribution is 2.35. The number of ketones is 1. The van der Waals surface area contributed by atoms with Crippen molar-refractivity contribution in [2.45, 2.75) is 39.5 Å². The first-order valence-electron chi connectivity index (χ1n) is 9.04. The van der Waals surface area contributed by atoms with Gasteiger partial charge < -0.3 is 4.74 Å². The zero-order valence-corrected chi connectivity index (χ0v) is 16.0. The monoisotopic (exact) mass is 362 g/mol. The summed E-state index contributed by atoms with van der Waals surface area (Å²) >= 11 is 0. The van der Waals surface area contributed by atoms with Crippen LogP contribution >= 0.6 is 0 Å². The van der Waals surface area contributed by atoms with E-state index in [2.05, 4.69) is 15.1 Å². The van der Waals surface area contributed by atoms with Crippen LogP contribution in [-0.2, 0) is 6.42 Å². The van der Waals surface area contributed by atoms with Crippen LogP contribution in [0.1, 0.15) is 51.0 Å². The number of aromatic nitrogens is 4. The molecule has 0 bridgehead atoms. The fourth-order valence-corrected chi connectivity index (χ4v) is 3.84. The van der Waals surface area contributed by atoms with E-state index in [1.807, 2.05) is 51.1 Å². The summed E-state index contributed by atoms with van der Waals surface area (Å²) < 4.78 is 6.99. The van der Waals surface area contributed by atoms with Crippen LogP contribution in [0.5, 0.6) is 5.75 Å². The average molecular weight is 362 g/mol. The number of carbonyl (C=O) groups is 1. The van der Waals surface area contributed by atoms with Crippen LogP contribution in [0, 0.1) is 20.8 Å². The molecular weight excluding hydrogens is 340 g/mol. The highest BCUT2D eigenvalue weighted by atomic mass is 16.5. The van der Waals surface area contributed by atoms with Gasteiger partial charge in [0.2, 0.25) is 0 Å². The first-order chi connectivity index (χ1) is 13.0. The molecule has 0 aliphatic heterocycles. The van der Waals surface area contributed by atoms with Crippen LogP contribution in [0.4, 0.5) is 0 Å². The smallest absolute Gasteiger partial charge is 0.251 e. The van der Waals surface area contributed by atoms with E-state index in [-0.39, 0.29) is 11.7 Å². The van der Waals surface area contributed by atoms with Crippen molar-refractivity contribution in [3.63, 3.8) is 0 Å². The molecule has 1 aromatic carbocycles. The second kappa shape index (κ2) is 6.61. The van der Waals surface area contributed by atoms with Crippen LogP contribution in [0.25, 0.3) is 5.95 Å². The van der Waals surface area contributed by atoms with Crippen LogP contribution in [0.2, 0.25) is 0 Å². The summed E-state index contributed by atoms with van der Waals surface area (Å²) in [7, 11) is 1.65. The van der Waals surface area contributed by atoms with Gasteiger partial charge in [0.15, 0.2) is 5.78 Å². The number of hydrogen-bond donors (Lipinski definition) is 0. The molecule has 2 heterocycles.